The summed E-state index contributed by atoms with van der Waals surface area (Å²) in [6.07, 6.45) is 0.448. The number of thiazole rings is 1. The second-order valence-corrected chi connectivity index (χ2v) is 7.77. The standard InChI is InChI=1S/C20H16ClN3O3S/c1-2-23-15-8-5-13(21)11-16(15)28-20(23)22-19(27)12-3-6-14(7-4-12)24-17(25)9-10-18(24)26/h3-8,11H,2,9-10H2,1H3. The van der Waals surface area contributed by atoms with E-state index in [9.17, 15) is 14.4 Å². The van der Waals surface area contributed by atoms with Gasteiger partial charge in [-0.1, -0.05) is 22.9 Å². The molecule has 28 heavy (non-hydrogen) atoms. The molecule has 6 nitrogen and oxygen atoms in total. The number of benzene rings is 2. The SMILES string of the molecule is CCn1c(=NC(=O)c2ccc(N3C(=O)CCC3=O)cc2)sc2cc(Cl)ccc21. The highest BCUT2D eigenvalue weighted by molar-refractivity contribution is 7.16. The Hall–Kier alpha value is -2.77. The minimum Gasteiger partial charge on any atom is -0.317 e. The number of aromatic nitrogens is 1. The molecular formula is C20H16ClN3O3S. The Bertz CT molecular complexity index is 1160. The number of imide groups is 1. The Morgan fingerprint density at radius 1 is 1.11 bits per heavy atom. The Morgan fingerprint density at radius 3 is 2.43 bits per heavy atom. The Labute approximate surface area is 169 Å². The summed E-state index contributed by atoms with van der Waals surface area (Å²) >= 11 is 7.47. The number of anilines is 1. The van der Waals surface area contributed by atoms with Crippen molar-refractivity contribution in [1.29, 1.82) is 0 Å². The molecule has 1 aromatic heterocycles. The van der Waals surface area contributed by atoms with Gasteiger partial charge in [-0.25, -0.2) is 0 Å². The molecule has 0 atom stereocenters. The zero-order chi connectivity index (χ0) is 19.8. The Balaban J connectivity index is 1.68. The average molecular weight is 414 g/mol. The van der Waals surface area contributed by atoms with Crippen molar-refractivity contribution < 1.29 is 14.4 Å². The van der Waals surface area contributed by atoms with Gasteiger partial charge in [0.05, 0.1) is 15.9 Å². The number of carbonyl (C=O) groups excluding carboxylic acids is 3. The zero-order valence-electron chi connectivity index (χ0n) is 15.0. The second kappa shape index (κ2) is 7.33. The van der Waals surface area contributed by atoms with Gasteiger partial charge >= 0.3 is 0 Å². The number of carbonyl (C=O) groups is 3. The zero-order valence-corrected chi connectivity index (χ0v) is 16.6. The molecule has 0 bridgehead atoms. The van der Waals surface area contributed by atoms with Crippen LogP contribution >= 0.6 is 22.9 Å². The van der Waals surface area contributed by atoms with Crippen molar-refractivity contribution in [2.24, 2.45) is 4.99 Å². The van der Waals surface area contributed by atoms with Gasteiger partial charge in [0.1, 0.15) is 0 Å². The molecule has 0 aliphatic carbocycles. The maximum absolute atomic E-state index is 12.6. The van der Waals surface area contributed by atoms with Gasteiger partial charge in [-0.2, -0.15) is 4.99 Å². The van der Waals surface area contributed by atoms with E-state index in [1.54, 1.807) is 24.3 Å². The van der Waals surface area contributed by atoms with E-state index in [0.29, 0.717) is 27.6 Å². The predicted octanol–water partition coefficient (Wildman–Crippen LogP) is 3.77. The summed E-state index contributed by atoms with van der Waals surface area (Å²) in [7, 11) is 0. The Morgan fingerprint density at radius 2 is 1.79 bits per heavy atom. The number of fused-ring (bicyclic) bond motifs is 1. The van der Waals surface area contributed by atoms with Crippen molar-refractivity contribution >= 4 is 56.6 Å². The average Bonchev–Trinajstić information content (AvgIpc) is 3.20. The molecule has 3 amide bonds. The van der Waals surface area contributed by atoms with Crippen LogP contribution in [0.4, 0.5) is 5.69 Å². The van der Waals surface area contributed by atoms with Crippen LogP contribution in [0, 0.1) is 0 Å². The smallest absolute Gasteiger partial charge is 0.279 e. The van der Waals surface area contributed by atoms with Crippen LogP contribution < -0.4 is 9.70 Å². The minimum absolute atomic E-state index is 0.221. The third kappa shape index (κ3) is 3.27. The monoisotopic (exact) mass is 413 g/mol. The van der Waals surface area contributed by atoms with E-state index in [0.717, 1.165) is 15.1 Å². The number of halogens is 1. The van der Waals surface area contributed by atoms with Crippen LogP contribution in [0.15, 0.2) is 47.5 Å². The van der Waals surface area contributed by atoms with Gasteiger partial charge in [0.25, 0.3) is 5.91 Å². The molecule has 1 aliphatic rings. The van der Waals surface area contributed by atoms with E-state index in [1.807, 2.05) is 29.7 Å². The maximum atomic E-state index is 12.6. The van der Waals surface area contributed by atoms with Crippen molar-refractivity contribution in [3.8, 4) is 0 Å². The number of rotatable bonds is 3. The lowest BCUT2D eigenvalue weighted by atomic mass is 10.2. The quantitative estimate of drug-likeness (QED) is 0.613. The van der Waals surface area contributed by atoms with Gasteiger partial charge in [0.2, 0.25) is 11.8 Å². The summed E-state index contributed by atoms with van der Waals surface area (Å²) in [5.41, 5.74) is 1.84. The van der Waals surface area contributed by atoms with Crippen molar-refractivity contribution in [1.82, 2.24) is 4.57 Å². The van der Waals surface area contributed by atoms with Gasteiger partial charge < -0.3 is 4.57 Å². The number of nitrogens with zero attached hydrogens (tertiary/aromatic N) is 3. The molecule has 1 saturated heterocycles. The highest BCUT2D eigenvalue weighted by atomic mass is 35.5. The summed E-state index contributed by atoms with van der Waals surface area (Å²) in [5, 5.41) is 0.636. The fourth-order valence-corrected chi connectivity index (χ4v) is 4.58. The topological polar surface area (TPSA) is 71.7 Å². The molecule has 1 aliphatic heterocycles. The molecule has 4 rings (SSSR count). The normalized spacial score (nSPS) is 15.1. The molecule has 0 spiro atoms. The summed E-state index contributed by atoms with van der Waals surface area (Å²) in [5.74, 6) is -0.825. The molecule has 2 aromatic carbocycles. The van der Waals surface area contributed by atoms with Crippen LogP contribution in [-0.2, 0) is 16.1 Å². The number of amides is 3. The van der Waals surface area contributed by atoms with Crippen molar-refractivity contribution in [3.63, 3.8) is 0 Å². The molecule has 8 heteroatoms. The lowest BCUT2D eigenvalue weighted by Gasteiger charge is -2.13. The van der Waals surface area contributed by atoms with Crippen LogP contribution in [0.1, 0.15) is 30.1 Å². The van der Waals surface area contributed by atoms with Gasteiger partial charge in [0, 0.05) is 30.0 Å². The number of hydrogen-bond donors (Lipinski definition) is 0. The summed E-state index contributed by atoms with van der Waals surface area (Å²) in [6.45, 7) is 2.66. The third-order valence-electron chi connectivity index (χ3n) is 4.58. The highest BCUT2D eigenvalue weighted by Crippen LogP contribution is 2.24. The summed E-state index contributed by atoms with van der Waals surface area (Å²) in [4.78, 5) is 42.3. The molecule has 1 fully saturated rings. The highest BCUT2D eigenvalue weighted by Gasteiger charge is 2.30. The van der Waals surface area contributed by atoms with Crippen molar-refractivity contribution in [2.45, 2.75) is 26.3 Å². The minimum atomic E-state index is -0.384. The largest absolute Gasteiger partial charge is 0.317 e. The number of aryl methyl sites for hydroxylation is 1. The second-order valence-electron chi connectivity index (χ2n) is 6.33. The lowest BCUT2D eigenvalue weighted by molar-refractivity contribution is -0.121. The first-order chi connectivity index (χ1) is 13.5. The molecular weight excluding hydrogens is 398 g/mol. The van der Waals surface area contributed by atoms with Crippen LogP contribution in [0.3, 0.4) is 0 Å². The van der Waals surface area contributed by atoms with E-state index in [1.165, 1.54) is 11.3 Å². The van der Waals surface area contributed by atoms with E-state index in [4.69, 9.17) is 11.6 Å². The first-order valence-electron chi connectivity index (χ1n) is 8.81. The third-order valence-corrected chi connectivity index (χ3v) is 5.86. The molecule has 0 unspecified atom stereocenters. The predicted molar refractivity (Wildman–Crippen MR) is 109 cm³/mol. The molecule has 0 saturated carbocycles. The summed E-state index contributed by atoms with van der Waals surface area (Å²) < 4.78 is 2.92. The first kappa shape index (κ1) is 18.6. The van der Waals surface area contributed by atoms with E-state index in [2.05, 4.69) is 4.99 Å². The maximum Gasteiger partial charge on any atom is 0.279 e. The molecule has 3 aromatic rings. The van der Waals surface area contributed by atoms with Crippen LogP contribution in [0.5, 0.6) is 0 Å². The van der Waals surface area contributed by atoms with Gasteiger partial charge in [-0.15, -0.1) is 0 Å². The van der Waals surface area contributed by atoms with Gasteiger partial charge in [0.15, 0.2) is 4.80 Å². The van der Waals surface area contributed by atoms with Gasteiger partial charge in [-0.05, 0) is 49.4 Å². The van der Waals surface area contributed by atoms with E-state index in [-0.39, 0.29) is 30.6 Å². The van der Waals surface area contributed by atoms with Crippen molar-refractivity contribution in [2.75, 3.05) is 4.90 Å². The molecule has 0 radical (unpaired) electrons. The van der Waals surface area contributed by atoms with E-state index >= 15 is 0 Å². The van der Waals surface area contributed by atoms with Crippen molar-refractivity contribution in [3.05, 3.63) is 57.9 Å². The Kier molecular flexibility index (Phi) is 4.87. The fourth-order valence-electron chi connectivity index (χ4n) is 3.21. The van der Waals surface area contributed by atoms with Crippen LogP contribution in [0.2, 0.25) is 5.02 Å². The molecule has 2 heterocycles. The molecule has 142 valence electrons. The van der Waals surface area contributed by atoms with Crippen LogP contribution in [0.25, 0.3) is 10.2 Å². The van der Waals surface area contributed by atoms with Crippen LogP contribution in [-0.4, -0.2) is 22.3 Å². The lowest BCUT2D eigenvalue weighted by Crippen LogP contribution is -2.28. The molecule has 0 N–H and O–H groups in total. The first-order valence-corrected chi connectivity index (χ1v) is 10.0. The van der Waals surface area contributed by atoms with Gasteiger partial charge in [-0.3, -0.25) is 19.3 Å². The summed E-state index contributed by atoms with van der Waals surface area (Å²) in [6, 6.07) is 12.0. The van der Waals surface area contributed by atoms with E-state index < -0.39 is 0 Å². The fraction of sp³-hybridized carbons (Fsp3) is 0.200. The number of hydrogen-bond acceptors (Lipinski definition) is 4.